The number of aromatic amines is 1. The molecule has 3 aromatic heterocycles. The molecular weight excluding hydrogens is 621 g/mol. The molecule has 3 heterocycles. The lowest BCUT2D eigenvalue weighted by Gasteiger charge is -2.14. The molecule has 0 aliphatic carbocycles. The number of pyridine rings is 2. The molecule has 0 atom stereocenters. The van der Waals surface area contributed by atoms with Crippen molar-refractivity contribution in [2.45, 2.75) is 13.3 Å². The fourth-order valence-corrected chi connectivity index (χ4v) is 5.15. The molecule has 0 saturated heterocycles. The zero-order valence-electron chi connectivity index (χ0n) is 24.1. The van der Waals surface area contributed by atoms with Crippen LogP contribution in [0.1, 0.15) is 12.5 Å². The molecule has 0 fully saturated rings. The van der Waals surface area contributed by atoms with Crippen LogP contribution in [0, 0.1) is 17.5 Å². The van der Waals surface area contributed by atoms with Crippen molar-refractivity contribution in [2.24, 2.45) is 0 Å². The quantitative estimate of drug-likeness (QED) is 0.167. The second-order valence-electron chi connectivity index (χ2n) is 10.1. The minimum Gasteiger partial charge on any atom is -0.493 e. The molecule has 12 heteroatoms. The molecule has 0 aliphatic rings. The highest BCUT2D eigenvalue weighted by Gasteiger charge is 2.19. The number of benzene rings is 3. The van der Waals surface area contributed by atoms with Crippen molar-refractivity contribution in [2.75, 3.05) is 11.9 Å². The van der Waals surface area contributed by atoms with Gasteiger partial charge in [0.1, 0.15) is 28.8 Å². The average Bonchev–Trinajstić information content (AvgIpc) is 3.48. The minimum atomic E-state index is -0.766. The van der Waals surface area contributed by atoms with E-state index >= 15 is 4.39 Å². The number of H-pyrrole nitrogens is 1. The standard InChI is InChI=1S/C34H24ClF3N4O4/c1-2-45-28-12-14-42(22-7-4-20(36)5-8-22)34(44)23(28)17-31(43)41-21-6-10-29(27(38)16-21)46-30-11-13-39-33-32(30)24(18-40-33)19-3-9-26(37)25(35)15-19/h3-16,18H,2,17H2,1H3,(H,39,40)(H,41,43). The number of aromatic nitrogens is 3. The molecule has 2 N–H and O–H groups in total. The van der Waals surface area contributed by atoms with Crippen LogP contribution in [0.5, 0.6) is 17.2 Å². The Balaban J connectivity index is 1.23. The van der Waals surface area contributed by atoms with Crippen LogP contribution in [0.3, 0.4) is 0 Å². The number of anilines is 1. The fraction of sp³-hybridized carbons (Fsp3) is 0.0882. The molecule has 0 unspecified atom stereocenters. The first kappa shape index (κ1) is 30.5. The second kappa shape index (κ2) is 12.8. The van der Waals surface area contributed by atoms with Crippen LogP contribution in [0.15, 0.2) is 96.2 Å². The number of carbonyl (C=O) groups excluding carboxylic acids is 1. The SMILES string of the molecule is CCOc1ccn(-c2ccc(F)cc2)c(=O)c1CC(=O)Nc1ccc(Oc2ccnc3[nH]cc(-c4ccc(F)c(Cl)c4)c23)c(F)c1. The highest BCUT2D eigenvalue weighted by Crippen LogP contribution is 2.38. The van der Waals surface area contributed by atoms with E-state index in [1.54, 1.807) is 31.3 Å². The van der Waals surface area contributed by atoms with E-state index in [-0.39, 0.29) is 46.5 Å². The van der Waals surface area contributed by atoms with Crippen LogP contribution in [0.2, 0.25) is 5.02 Å². The predicted octanol–water partition coefficient (Wildman–Crippen LogP) is 7.82. The lowest BCUT2D eigenvalue weighted by Crippen LogP contribution is -2.26. The molecule has 6 aromatic rings. The summed E-state index contributed by atoms with van der Waals surface area (Å²) in [7, 11) is 0. The van der Waals surface area contributed by atoms with Crippen molar-refractivity contribution in [1.82, 2.24) is 14.5 Å². The molecule has 3 aromatic carbocycles. The Morgan fingerprint density at radius 2 is 1.76 bits per heavy atom. The third-order valence-electron chi connectivity index (χ3n) is 7.09. The van der Waals surface area contributed by atoms with E-state index in [0.29, 0.717) is 27.8 Å². The van der Waals surface area contributed by atoms with Gasteiger partial charge < -0.3 is 19.8 Å². The van der Waals surface area contributed by atoms with Crippen molar-refractivity contribution in [3.63, 3.8) is 0 Å². The van der Waals surface area contributed by atoms with Gasteiger partial charge in [0.15, 0.2) is 11.6 Å². The molecule has 46 heavy (non-hydrogen) atoms. The summed E-state index contributed by atoms with van der Waals surface area (Å²) in [5.41, 5.74) is 1.79. The predicted molar refractivity (Wildman–Crippen MR) is 168 cm³/mol. The number of nitrogens with zero attached hydrogens (tertiary/aromatic N) is 2. The molecule has 1 amide bonds. The van der Waals surface area contributed by atoms with E-state index in [1.165, 1.54) is 65.5 Å². The van der Waals surface area contributed by atoms with Crippen molar-refractivity contribution in [3.8, 4) is 34.1 Å². The van der Waals surface area contributed by atoms with Crippen molar-refractivity contribution < 1.29 is 27.4 Å². The summed E-state index contributed by atoms with van der Waals surface area (Å²) in [4.78, 5) is 33.7. The Hall–Kier alpha value is -5.55. The number of ether oxygens (including phenoxy) is 2. The first-order valence-corrected chi connectivity index (χ1v) is 14.4. The summed E-state index contributed by atoms with van der Waals surface area (Å²) in [6.07, 6.45) is 4.28. The maximum absolute atomic E-state index is 15.3. The second-order valence-corrected chi connectivity index (χ2v) is 10.5. The Labute approximate surface area is 265 Å². The van der Waals surface area contributed by atoms with Gasteiger partial charge in [0.2, 0.25) is 5.91 Å². The highest BCUT2D eigenvalue weighted by molar-refractivity contribution is 6.31. The van der Waals surface area contributed by atoms with E-state index in [9.17, 15) is 18.4 Å². The van der Waals surface area contributed by atoms with Gasteiger partial charge in [-0.3, -0.25) is 14.2 Å². The van der Waals surface area contributed by atoms with Crippen LogP contribution >= 0.6 is 11.6 Å². The molecule has 0 bridgehead atoms. The summed E-state index contributed by atoms with van der Waals surface area (Å²) in [6, 6.07) is 16.6. The van der Waals surface area contributed by atoms with Gasteiger partial charge in [-0.1, -0.05) is 17.7 Å². The number of nitrogens with one attached hydrogen (secondary N) is 2. The van der Waals surface area contributed by atoms with Gasteiger partial charge in [-0.05, 0) is 73.2 Å². The Morgan fingerprint density at radius 3 is 2.50 bits per heavy atom. The minimum absolute atomic E-state index is 0.0539. The molecule has 232 valence electrons. The summed E-state index contributed by atoms with van der Waals surface area (Å²) in [6.45, 7) is 2.00. The third kappa shape index (κ3) is 6.18. The zero-order valence-corrected chi connectivity index (χ0v) is 24.9. The van der Waals surface area contributed by atoms with Crippen LogP contribution in [0.4, 0.5) is 18.9 Å². The number of carbonyl (C=O) groups is 1. The van der Waals surface area contributed by atoms with E-state index < -0.39 is 28.9 Å². The molecule has 0 saturated carbocycles. The summed E-state index contributed by atoms with van der Waals surface area (Å²) >= 11 is 5.99. The maximum Gasteiger partial charge on any atom is 0.262 e. The number of amides is 1. The normalized spacial score (nSPS) is 11.1. The number of halogens is 4. The van der Waals surface area contributed by atoms with Gasteiger partial charge in [-0.25, -0.2) is 18.2 Å². The third-order valence-corrected chi connectivity index (χ3v) is 7.38. The zero-order chi connectivity index (χ0) is 32.4. The molecule has 0 radical (unpaired) electrons. The topological polar surface area (TPSA) is 98.2 Å². The molecule has 0 aliphatic heterocycles. The van der Waals surface area contributed by atoms with Crippen molar-refractivity contribution >= 4 is 34.2 Å². The Bertz CT molecular complexity index is 2150. The van der Waals surface area contributed by atoms with Gasteiger partial charge >= 0.3 is 0 Å². The van der Waals surface area contributed by atoms with Gasteiger partial charge in [0, 0.05) is 41.6 Å². The van der Waals surface area contributed by atoms with Crippen LogP contribution in [-0.2, 0) is 11.2 Å². The molecule has 8 nitrogen and oxygen atoms in total. The summed E-state index contributed by atoms with van der Waals surface area (Å²) in [5, 5.41) is 3.08. The largest absolute Gasteiger partial charge is 0.493 e. The smallest absolute Gasteiger partial charge is 0.262 e. The Morgan fingerprint density at radius 1 is 0.957 bits per heavy atom. The monoisotopic (exact) mass is 644 g/mol. The van der Waals surface area contributed by atoms with E-state index in [2.05, 4.69) is 15.3 Å². The first-order chi connectivity index (χ1) is 22.2. The van der Waals surface area contributed by atoms with Gasteiger partial charge in [-0.15, -0.1) is 0 Å². The molecular formula is C34H24ClF3N4O4. The number of hydrogen-bond acceptors (Lipinski definition) is 5. The highest BCUT2D eigenvalue weighted by atomic mass is 35.5. The van der Waals surface area contributed by atoms with Crippen LogP contribution in [-0.4, -0.2) is 27.0 Å². The summed E-state index contributed by atoms with van der Waals surface area (Å²) in [5.74, 6) is -1.99. The summed E-state index contributed by atoms with van der Waals surface area (Å²) < 4.78 is 55.3. The van der Waals surface area contributed by atoms with E-state index in [4.69, 9.17) is 21.1 Å². The fourth-order valence-electron chi connectivity index (χ4n) is 4.97. The van der Waals surface area contributed by atoms with Gasteiger partial charge in [0.25, 0.3) is 5.56 Å². The number of rotatable bonds is 9. The number of hydrogen-bond donors (Lipinski definition) is 2. The first-order valence-electron chi connectivity index (χ1n) is 14.0. The van der Waals surface area contributed by atoms with Crippen LogP contribution in [0.25, 0.3) is 27.8 Å². The lowest BCUT2D eigenvalue weighted by molar-refractivity contribution is -0.115. The van der Waals surface area contributed by atoms with Gasteiger partial charge in [0.05, 0.1) is 29.0 Å². The number of fused-ring (bicyclic) bond motifs is 1. The van der Waals surface area contributed by atoms with E-state index in [1.807, 2.05) is 0 Å². The lowest BCUT2D eigenvalue weighted by atomic mass is 10.1. The van der Waals surface area contributed by atoms with Crippen LogP contribution < -0.4 is 20.3 Å². The maximum atomic E-state index is 15.3. The average molecular weight is 645 g/mol. The molecule has 6 rings (SSSR count). The molecule has 0 spiro atoms. The van der Waals surface area contributed by atoms with Gasteiger partial charge in [-0.2, -0.15) is 0 Å². The van der Waals surface area contributed by atoms with Crippen molar-refractivity contribution in [3.05, 3.63) is 130 Å². The van der Waals surface area contributed by atoms with E-state index in [0.717, 1.165) is 6.07 Å². The Kier molecular flexibility index (Phi) is 8.49. The van der Waals surface area contributed by atoms with Crippen molar-refractivity contribution in [1.29, 1.82) is 0 Å².